The molecule has 6 heteroatoms. The summed E-state index contributed by atoms with van der Waals surface area (Å²) in [6, 6.07) is 3.58. The molecular weight excluding hydrogens is 345 g/mol. The Kier molecular flexibility index (Phi) is 5.04. The van der Waals surface area contributed by atoms with E-state index >= 15 is 0 Å². The Morgan fingerprint density at radius 2 is 2.15 bits per heavy atom. The molecule has 0 saturated heterocycles. The van der Waals surface area contributed by atoms with Gasteiger partial charge in [0.1, 0.15) is 11.6 Å². The fourth-order valence-corrected chi connectivity index (χ4v) is 2.58. The average molecular weight is 363 g/mol. The number of aryl methyl sites for hydroxylation is 1. The van der Waals surface area contributed by atoms with Gasteiger partial charge in [-0.25, -0.2) is 9.37 Å². The molecule has 0 spiro atoms. The standard InChI is InChI=1S/C14H18BrClFN3/c1-9(19(2)3)8-20-13-7-11(17)10(15)6-12(13)18-14(20)4-5-16/h6-7,9H,4-5,8H2,1-3H3. The first-order valence-electron chi connectivity index (χ1n) is 6.50. The number of rotatable bonds is 5. The van der Waals surface area contributed by atoms with Crippen LogP contribution in [-0.2, 0) is 13.0 Å². The molecule has 0 aliphatic heterocycles. The van der Waals surface area contributed by atoms with Crippen molar-refractivity contribution in [3.05, 3.63) is 28.2 Å². The van der Waals surface area contributed by atoms with Crippen molar-refractivity contribution in [1.29, 1.82) is 0 Å². The monoisotopic (exact) mass is 361 g/mol. The molecule has 0 aliphatic carbocycles. The third-order valence-corrected chi connectivity index (χ3v) is 4.31. The van der Waals surface area contributed by atoms with E-state index in [1.807, 2.05) is 14.1 Å². The second kappa shape index (κ2) is 6.41. The zero-order valence-electron chi connectivity index (χ0n) is 11.8. The number of fused-ring (bicyclic) bond motifs is 1. The molecule has 2 rings (SSSR count). The van der Waals surface area contributed by atoms with Crippen molar-refractivity contribution in [3.63, 3.8) is 0 Å². The molecule has 1 heterocycles. The van der Waals surface area contributed by atoms with Gasteiger partial charge in [0.2, 0.25) is 0 Å². The van der Waals surface area contributed by atoms with Gasteiger partial charge in [0.15, 0.2) is 0 Å². The molecule has 110 valence electrons. The summed E-state index contributed by atoms with van der Waals surface area (Å²) in [7, 11) is 4.06. The van der Waals surface area contributed by atoms with Gasteiger partial charge in [-0.05, 0) is 43.0 Å². The second-order valence-corrected chi connectivity index (χ2v) is 6.38. The Balaban J connectivity index is 2.52. The molecule has 1 aromatic carbocycles. The van der Waals surface area contributed by atoms with Crippen molar-refractivity contribution in [3.8, 4) is 0 Å². The van der Waals surface area contributed by atoms with Crippen LogP contribution in [0.2, 0.25) is 0 Å². The van der Waals surface area contributed by atoms with E-state index in [1.165, 1.54) is 6.07 Å². The van der Waals surface area contributed by atoms with Crippen LogP contribution in [0.4, 0.5) is 4.39 Å². The first kappa shape index (κ1) is 15.7. The van der Waals surface area contributed by atoms with Gasteiger partial charge in [-0.3, -0.25) is 0 Å². The van der Waals surface area contributed by atoms with Crippen LogP contribution in [0.1, 0.15) is 12.7 Å². The Morgan fingerprint density at radius 1 is 1.45 bits per heavy atom. The molecule has 0 aliphatic rings. The molecule has 0 N–H and O–H groups in total. The van der Waals surface area contributed by atoms with E-state index < -0.39 is 0 Å². The molecule has 0 bridgehead atoms. The first-order chi connectivity index (χ1) is 9.43. The predicted molar refractivity (Wildman–Crippen MR) is 85.0 cm³/mol. The lowest BCUT2D eigenvalue weighted by molar-refractivity contribution is 0.284. The highest BCUT2D eigenvalue weighted by Gasteiger charge is 2.16. The van der Waals surface area contributed by atoms with E-state index in [-0.39, 0.29) is 5.82 Å². The van der Waals surface area contributed by atoms with Gasteiger partial charge in [-0.15, -0.1) is 11.6 Å². The smallest absolute Gasteiger partial charge is 0.139 e. The molecule has 0 radical (unpaired) electrons. The number of halogens is 3. The molecule has 0 amide bonds. The lowest BCUT2D eigenvalue weighted by Gasteiger charge is -2.21. The Labute approximate surface area is 131 Å². The van der Waals surface area contributed by atoms with Crippen LogP contribution >= 0.6 is 27.5 Å². The molecule has 2 aromatic rings. The highest BCUT2D eigenvalue weighted by Crippen LogP contribution is 2.25. The van der Waals surface area contributed by atoms with Gasteiger partial charge < -0.3 is 9.47 Å². The number of benzene rings is 1. The predicted octanol–water partition coefficient (Wildman–Crippen LogP) is 3.67. The molecular formula is C14H18BrClFN3. The second-order valence-electron chi connectivity index (χ2n) is 5.15. The Hall–Kier alpha value is -0.650. The van der Waals surface area contributed by atoms with Crippen LogP contribution in [0.15, 0.2) is 16.6 Å². The quantitative estimate of drug-likeness (QED) is 0.757. The van der Waals surface area contributed by atoms with Crippen LogP contribution in [0.3, 0.4) is 0 Å². The zero-order valence-corrected chi connectivity index (χ0v) is 14.2. The SMILES string of the molecule is CC(Cn1c(CCCl)nc2cc(Br)c(F)cc21)N(C)C. The maximum absolute atomic E-state index is 13.8. The summed E-state index contributed by atoms with van der Waals surface area (Å²) in [5.74, 6) is 1.14. The van der Waals surface area contributed by atoms with E-state index in [0.717, 1.165) is 23.4 Å². The molecule has 1 aromatic heterocycles. The van der Waals surface area contributed by atoms with E-state index in [4.69, 9.17) is 11.6 Å². The number of aromatic nitrogens is 2. The van der Waals surface area contributed by atoms with E-state index in [0.29, 0.717) is 22.8 Å². The third kappa shape index (κ3) is 3.15. The van der Waals surface area contributed by atoms with Crippen LogP contribution in [0.5, 0.6) is 0 Å². The highest BCUT2D eigenvalue weighted by molar-refractivity contribution is 9.10. The van der Waals surface area contributed by atoms with Crippen molar-refractivity contribution in [1.82, 2.24) is 14.5 Å². The van der Waals surface area contributed by atoms with Gasteiger partial charge in [0.05, 0.1) is 15.5 Å². The highest BCUT2D eigenvalue weighted by atomic mass is 79.9. The normalized spacial score (nSPS) is 13.3. The molecule has 0 fully saturated rings. The molecule has 1 unspecified atom stereocenters. The fourth-order valence-electron chi connectivity index (χ4n) is 2.08. The van der Waals surface area contributed by atoms with Crippen molar-refractivity contribution >= 4 is 38.6 Å². The number of hydrogen-bond acceptors (Lipinski definition) is 2. The van der Waals surface area contributed by atoms with Crippen molar-refractivity contribution in [2.24, 2.45) is 0 Å². The van der Waals surface area contributed by atoms with Crippen LogP contribution in [0, 0.1) is 5.82 Å². The molecule has 3 nitrogen and oxygen atoms in total. The summed E-state index contributed by atoms with van der Waals surface area (Å²) < 4.78 is 16.3. The van der Waals surface area contributed by atoms with Gasteiger partial charge in [-0.2, -0.15) is 0 Å². The molecule has 0 saturated carbocycles. The summed E-state index contributed by atoms with van der Waals surface area (Å²) in [5, 5.41) is 0. The third-order valence-electron chi connectivity index (χ3n) is 3.52. The van der Waals surface area contributed by atoms with E-state index in [9.17, 15) is 4.39 Å². The summed E-state index contributed by atoms with van der Waals surface area (Å²) in [6.45, 7) is 2.89. The van der Waals surface area contributed by atoms with Gasteiger partial charge in [0, 0.05) is 31.0 Å². The first-order valence-corrected chi connectivity index (χ1v) is 7.83. The topological polar surface area (TPSA) is 21.1 Å². The van der Waals surface area contributed by atoms with Gasteiger partial charge in [-0.1, -0.05) is 0 Å². The minimum absolute atomic E-state index is 0.270. The minimum Gasteiger partial charge on any atom is -0.326 e. The van der Waals surface area contributed by atoms with Crippen LogP contribution in [-0.4, -0.2) is 40.5 Å². The maximum Gasteiger partial charge on any atom is 0.139 e. The summed E-state index contributed by atoms with van der Waals surface area (Å²) in [5.41, 5.74) is 1.61. The zero-order chi connectivity index (χ0) is 14.9. The van der Waals surface area contributed by atoms with Crippen LogP contribution < -0.4 is 0 Å². The number of imidazole rings is 1. The van der Waals surface area contributed by atoms with Crippen molar-refractivity contribution < 1.29 is 4.39 Å². The van der Waals surface area contributed by atoms with Gasteiger partial charge >= 0.3 is 0 Å². The number of hydrogen-bond donors (Lipinski definition) is 0. The number of alkyl halides is 1. The van der Waals surface area contributed by atoms with Crippen molar-refractivity contribution in [2.45, 2.75) is 25.9 Å². The van der Waals surface area contributed by atoms with Gasteiger partial charge in [0.25, 0.3) is 0 Å². The average Bonchev–Trinajstić information content (AvgIpc) is 2.68. The molecule has 20 heavy (non-hydrogen) atoms. The summed E-state index contributed by atoms with van der Waals surface area (Å²) >= 11 is 9.05. The minimum atomic E-state index is -0.270. The lowest BCUT2D eigenvalue weighted by Crippen LogP contribution is -2.29. The number of nitrogens with zero attached hydrogens (tertiary/aromatic N) is 3. The number of likely N-dealkylation sites (N-methyl/N-ethyl adjacent to an activating group) is 1. The Morgan fingerprint density at radius 3 is 2.75 bits per heavy atom. The van der Waals surface area contributed by atoms with Crippen LogP contribution in [0.25, 0.3) is 11.0 Å². The lowest BCUT2D eigenvalue weighted by atomic mass is 10.2. The van der Waals surface area contributed by atoms with E-state index in [2.05, 4.69) is 37.3 Å². The maximum atomic E-state index is 13.8. The molecule has 1 atom stereocenters. The largest absolute Gasteiger partial charge is 0.326 e. The Bertz CT molecular complexity index is 612. The summed E-state index contributed by atoms with van der Waals surface area (Å²) in [6.07, 6.45) is 0.676. The summed E-state index contributed by atoms with van der Waals surface area (Å²) in [4.78, 5) is 6.71. The fraction of sp³-hybridized carbons (Fsp3) is 0.500. The van der Waals surface area contributed by atoms with Crippen molar-refractivity contribution in [2.75, 3.05) is 20.0 Å². The van der Waals surface area contributed by atoms with E-state index in [1.54, 1.807) is 6.07 Å².